The Morgan fingerprint density at radius 2 is 1.96 bits per heavy atom. The van der Waals surface area contributed by atoms with Crippen molar-refractivity contribution in [3.05, 3.63) is 63.6 Å². The highest BCUT2D eigenvalue weighted by Crippen LogP contribution is 2.29. The van der Waals surface area contributed by atoms with Gasteiger partial charge >= 0.3 is 5.97 Å². The first-order valence-corrected chi connectivity index (χ1v) is 9.29. The van der Waals surface area contributed by atoms with E-state index in [0.29, 0.717) is 35.9 Å². The number of benzene rings is 2. The van der Waals surface area contributed by atoms with Crippen LogP contribution in [0.3, 0.4) is 0 Å². The molecule has 0 aromatic heterocycles. The minimum atomic E-state index is -0.636. The molecule has 1 saturated heterocycles. The molecule has 2 atom stereocenters. The summed E-state index contributed by atoms with van der Waals surface area (Å²) in [6, 6.07) is 13.0. The highest BCUT2D eigenvalue weighted by molar-refractivity contribution is 6.35. The van der Waals surface area contributed by atoms with Crippen LogP contribution in [0.4, 0.5) is 0 Å². The number of esters is 1. The summed E-state index contributed by atoms with van der Waals surface area (Å²) >= 11 is 12.5. The number of carbonyl (C=O) groups excluding carboxylic acids is 1. The lowest BCUT2D eigenvalue weighted by atomic mass is 9.97. The second-order valence-electron chi connectivity index (χ2n) is 6.37. The average molecular weight is 395 g/mol. The van der Waals surface area contributed by atoms with Gasteiger partial charge in [0.15, 0.2) is 0 Å². The summed E-state index contributed by atoms with van der Waals surface area (Å²) in [6.07, 6.45) is 0.765. The molecular formula is C20H20Cl2O4. The fraction of sp³-hybridized carbons (Fsp3) is 0.350. The summed E-state index contributed by atoms with van der Waals surface area (Å²) in [5, 5.41) is 10.8. The van der Waals surface area contributed by atoms with Crippen molar-refractivity contribution in [2.45, 2.75) is 44.5 Å². The van der Waals surface area contributed by atoms with Gasteiger partial charge in [-0.3, -0.25) is 4.79 Å². The van der Waals surface area contributed by atoms with Crippen molar-refractivity contribution in [2.24, 2.45) is 0 Å². The Bertz CT molecular complexity index is 764. The number of cyclic esters (lactones) is 1. The number of ether oxygens (including phenoxy) is 2. The first-order valence-electron chi connectivity index (χ1n) is 8.53. The van der Waals surface area contributed by atoms with E-state index < -0.39 is 6.10 Å². The molecule has 4 nitrogen and oxygen atoms in total. The number of hydrogen-bond donors (Lipinski definition) is 1. The molecular weight excluding hydrogens is 375 g/mol. The van der Waals surface area contributed by atoms with Gasteiger partial charge in [0, 0.05) is 16.5 Å². The highest BCUT2D eigenvalue weighted by atomic mass is 35.5. The molecule has 26 heavy (non-hydrogen) atoms. The Hall–Kier alpha value is -1.75. The van der Waals surface area contributed by atoms with Crippen LogP contribution in [-0.4, -0.2) is 23.3 Å². The van der Waals surface area contributed by atoms with Crippen molar-refractivity contribution in [3.8, 4) is 5.75 Å². The quantitative estimate of drug-likeness (QED) is 0.728. The lowest BCUT2D eigenvalue weighted by Gasteiger charge is -2.26. The Kier molecular flexibility index (Phi) is 6.41. The van der Waals surface area contributed by atoms with Gasteiger partial charge in [0.25, 0.3) is 0 Å². The molecule has 1 fully saturated rings. The summed E-state index contributed by atoms with van der Waals surface area (Å²) < 4.78 is 11.1. The van der Waals surface area contributed by atoms with Gasteiger partial charge in [0.1, 0.15) is 18.5 Å². The number of hydrogen-bond acceptors (Lipinski definition) is 4. The molecule has 0 spiro atoms. The second-order valence-corrected chi connectivity index (χ2v) is 7.21. The van der Waals surface area contributed by atoms with E-state index >= 15 is 0 Å². The standard InChI is InChI=1S/C20H20Cl2O4/c21-14-8-13(12-25-16-4-2-1-3-5-16)18(19(22)9-14)7-6-17-10-15(23)11-20(24)26-17/h1-5,8-9,15,17,23H,6-7,10-12H2/t15-,17-/m1/s1. The zero-order chi connectivity index (χ0) is 18.5. The first-order chi connectivity index (χ1) is 12.5. The maximum Gasteiger partial charge on any atom is 0.308 e. The van der Waals surface area contributed by atoms with Crippen molar-refractivity contribution in [1.82, 2.24) is 0 Å². The average Bonchev–Trinajstić information content (AvgIpc) is 2.59. The van der Waals surface area contributed by atoms with Crippen molar-refractivity contribution in [3.63, 3.8) is 0 Å². The molecule has 0 bridgehead atoms. The fourth-order valence-corrected chi connectivity index (χ4v) is 3.72. The van der Waals surface area contributed by atoms with Crippen LogP contribution in [0.5, 0.6) is 5.75 Å². The summed E-state index contributed by atoms with van der Waals surface area (Å²) in [7, 11) is 0. The smallest absolute Gasteiger partial charge is 0.308 e. The highest BCUT2D eigenvalue weighted by Gasteiger charge is 2.27. The summed E-state index contributed by atoms with van der Waals surface area (Å²) in [6.45, 7) is 0.340. The van der Waals surface area contributed by atoms with Crippen LogP contribution in [0.15, 0.2) is 42.5 Å². The zero-order valence-electron chi connectivity index (χ0n) is 14.2. The van der Waals surface area contributed by atoms with E-state index in [1.165, 1.54) is 0 Å². The number of halogens is 2. The maximum atomic E-state index is 11.5. The molecule has 0 amide bonds. The third-order valence-corrected chi connectivity index (χ3v) is 4.90. The molecule has 1 aliphatic heterocycles. The van der Waals surface area contributed by atoms with E-state index in [9.17, 15) is 9.90 Å². The Balaban J connectivity index is 1.70. The van der Waals surface area contributed by atoms with Crippen LogP contribution in [0.1, 0.15) is 30.4 Å². The van der Waals surface area contributed by atoms with E-state index in [4.69, 9.17) is 32.7 Å². The number of rotatable bonds is 6. The number of aliphatic hydroxyl groups is 1. The van der Waals surface area contributed by atoms with E-state index in [0.717, 1.165) is 16.9 Å². The molecule has 0 aliphatic carbocycles. The van der Waals surface area contributed by atoms with Crippen LogP contribution in [0.2, 0.25) is 10.0 Å². The fourth-order valence-electron chi connectivity index (χ4n) is 3.09. The molecule has 0 unspecified atom stereocenters. The zero-order valence-corrected chi connectivity index (χ0v) is 15.7. The van der Waals surface area contributed by atoms with E-state index in [1.54, 1.807) is 6.07 Å². The predicted octanol–water partition coefficient (Wildman–Crippen LogP) is 4.57. The topological polar surface area (TPSA) is 55.8 Å². The van der Waals surface area contributed by atoms with E-state index in [1.807, 2.05) is 36.4 Å². The van der Waals surface area contributed by atoms with Crippen molar-refractivity contribution in [2.75, 3.05) is 0 Å². The summed E-state index contributed by atoms with van der Waals surface area (Å²) in [5.41, 5.74) is 1.82. The predicted molar refractivity (Wildman–Crippen MR) is 101 cm³/mol. The van der Waals surface area contributed by atoms with Gasteiger partial charge in [-0.2, -0.15) is 0 Å². The van der Waals surface area contributed by atoms with Gasteiger partial charge in [0.05, 0.1) is 12.5 Å². The Morgan fingerprint density at radius 3 is 2.69 bits per heavy atom. The summed E-state index contributed by atoms with van der Waals surface area (Å²) in [5.74, 6) is 0.405. The molecule has 138 valence electrons. The second kappa shape index (κ2) is 8.76. The SMILES string of the molecule is O=C1C[C@H](O)C[C@@H](CCc2c(Cl)cc(Cl)cc2COc2ccccc2)O1. The number of aliphatic hydroxyl groups excluding tert-OH is 1. The van der Waals surface area contributed by atoms with E-state index in [2.05, 4.69) is 0 Å². The van der Waals surface area contributed by atoms with Gasteiger partial charge in [0.2, 0.25) is 0 Å². The van der Waals surface area contributed by atoms with Gasteiger partial charge < -0.3 is 14.6 Å². The van der Waals surface area contributed by atoms with Crippen LogP contribution < -0.4 is 4.74 Å². The minimum Gasteiger partial charge on any atom is -0.489 e. The molecule has 6 heteroatoms. The first kappa shape index (κ1) is 19.0. The van der Waals surface area contributed by atoms with Gasteiger partial charge in [-0.1, -0.05) is 41.4 Å². The van der Waals surface area contributed by atoms with Gasteiger partial charge in [-0.25, -0.2) is 0 Å². The monoisotopic (exact) mass is 394 g/mol. The van der Waals surface area contributed by atoms with E-state index in [-0.39, 0.29) is 18.5 Å². The molecule has 1 aliphatic rings. The summed E-state index contributed by atoms with van der Waals surface area (Å²) in [4.78, 5) is 11.5. The van der Waals surface area contributed by atoms with Gasteiger partial charge in [-0.05, 0) is 48.2 Å². The molecule has 0 radical (unpaired) electrons. The molecule has 0 saturated carbocycles. The largest absolute Gasteiger partial charge is 0.489 e. The number of para-hydroxylation sites is 1. The molecule has 1 N–H and O–H groups in total. The Morgan fingerprint density at radius 1 is 1.19 bits per heavy atom. The molecule has 1 heterocycles. The lowest BCUT2D eigenvalue weighted by Crippen LogP contribution is -2.32. The third-order valence-electron chi connectivity index (χ3n) is 4.34. The normalized spacial score (nSPS) is 19.9. The van der Waals surface area contributed by atoms with Crippen molar-refractivity contribution >= 4 is 29.2 Å². The van der Waals surface area contributed by atoms with Crippen molar-refractivity contribution < 1.29 is 19.4 Å². The van der Waals surface area contributed by atoms with Crippen LogP contribution in [0, 0.1) is 0 Å². The van der Waals surface area contributed by atoms with Crippen LogP contribution in [-0.2, 0) is 22.6 Å². The maximum absolute atomic E-state index is 11.5. The minimum absolute atomic E-state index is 0.0639. The number of carbonyl (C=O) groups is 1. The van der Waals surface area contributed by atoms with Gasteiger partial charge in [-0.15, -0.1) is 0 Å². The third kappa shape index (κ3) is 5.13. The molecule has 3 rings (SSSR count). The lowest BCUT2D eigenvalue weighted by molar-refractivity contribution is -0.160. The van der Waals surface area contributed by atoms with Crippen LogP contribution >= 0.6 is 23.2 Å². The van der Waals surface area contributed by atoms with Crippen LogP contribution in [0.25, 0.3) is 0 Å². The molecule has 2 aromatic carbocycles. The van der Waals surface area contributed by atoms with Crippen molar-refractivity contribution in [1.29, 1.82) is 0 Å². The Labute approximate surface area is 162 Å². The molecule has 2 aromatic rings.